The molecule has 2 aromatic carbocycles. The highest BCUT2D eigenvalue weighted by atomic mass is 19.4. The van der Waals surface area contributed by atoms with Crippen molar-refractivity contribution < 1.29 is 27.4 Å². The molecule has 0 atom stereocenters. The first-order valence-corrected chi connectivity index (χ1v) is 9.43. The maximum absolute atomic E-state index is 12.9. The number of ether oxygens (including phenoxy) is 2. The van der Waals surface area contributed by atoms with E-state index >= 15 is 0 Å². The number of amides is 1. The molecule has 1 fully saturated rings. The molecule has 1 saturated heterocycles. The fraction of sp³-hybridized carbons (Fsp3) is 0.318. The zero-order valence-corrected chi connectivity index (χ0v) is 16.8. The average molecular weight is 420 g/mol. The van der Waals surface area contributed by atoms with Crippen LogP contribution in [0.2, 0.25) is 0 Å². The molecular weight excluding hydrogens is 397 g/mol. The van der Waals surface area contributed by atoms with Crippen LogP contribution in [-0.2, 0) is 11.0 Å². The molecule has 1 heterocycles. The largest absolute Gasteiger partial charge is 0.497 e. The molecule has 3 rings (SSSR count). The molecule has 0 bridgehead atoms. The molecule has 30 heavy (non-hydrogen) atoms. The van der Waals surface area contributed by atoms with Crippen molar-refractivity contribution in [3.8, 4) is 11.5 Å². The lowest BCUT2D eigenvalue weighted by atomic mass is 10.1. The Balaban J connectivity index is 1.61. The summed E-state index contributed by atoms with van der Waals surface area (Å²) in [6, 6.07) is 10.6. The molecule has 2 aromatic rings. The van der Waals surface area contributed by atoms with Gasteiger partial charge in [0, 0.05) is 49.6 Å². The summed E-state index contributed by atoms with van der Waals surface area (Å²) in [6.07, 6.45) is -1.22. The van der Waals surface area contributed by atoms with E-state index in [-0.39, 0.29) is 5.91 Å². The molecule has 0 unspecified atom stereocenters. The molecule has 1 aliphatic heterocycles. The Kier molecular flexibility index (Phi) is 6.54. The maximum atomic E-state index is 12.9. The van der Waals surface area contributed by atoms with E-state index in [0.29, 0.717) is 43.4 Å². The Labute approximate surface area is 173 Å². The second-order valence-corrected chi connectivity index (χ2v) is 6.80. The Bertz CT molecular complexity index is 920. The molecule has 0 aliphatic carbocycles. The summed E-state index contributed by atoms with van der Waals surface area (Å²) < 4.78 is 49.3. The number of nitrogens with zero attached hydrogens (tertiary/aromatic N) is 2. The summed E-state index contributed by atoms with van der Waals surface area (Å²) >= 11 is 0. The molecule has 0 spiro atoms. The first-order chi connectivity index (χ1) is 14.3. The maximum Gasteiger partial charge on any atom is 0.416 e. The van der Waals surface area contributed by atoms with Gasteiger partial charge in [-0.1, -0.05) is 6.07 Å². The van der Waals surface area contributed by atoms with Crippen LogP contribution in [-0.4, -0.2) is 51.2 Å². The lowest BCUT2D eigenvalue weighted by Gasteiger charge is -2.36. The van der Waals surface area contributed by atoms with Gasteiger partial charge in [-0.3, -0.25) is 4.79 Å². The first kappa shape index (κ1) is 21.5. The highest BCUT2D eigenvalue weighted by Crippen LogP contribution is 2.32. The van der Waals surface area contributed by atoms with Crippen LogP contribution in [0.25, 0.3) is 6.08 Å². The van der Waals surface area contributed by atoms with Crippen molar-refractivity contribution in [2.24, 2.45) is 0 Å². The minimum absolute atomic E-state index is 0.156. The number of alkyl halides is 3. The Morgan fingerprint density at radius 2 is 1.73 bits per heavy atom. The fourth-order valence-electron chi connectivity index (χ4n) is 3.29. The molecule has 1 amide bonds. The molecular formula is C22H23F3N2O3. The van der Waals surface area contributed by atoms with Gasteiger partial charge < -0.3 is 19.3 Å². The van der Waals surface area contributed by atoms with Gasteiger partial charge in [0.25, 0.3) is 0 Å². The van der Waals surface area contributed by atoms with Crippen molar-refractivity contribution in [3.05, 3.63) is 59.7 Å². The van der Waals surface area contributed by atoms with Crippen LogP contribution in [0, 0.1) is 0 Å². The normalized spacial score (nSPS) is 14.8. The standard InChI is InChI=1S/C22H23F3N2O3/c1-29-19-8-6-16(20(15-19)30-2)7-9-21(28)27-12-10-26(11-13-27)18-5-3-4-17(14-18)22(23,24)25/h3-9,14-15H,10-13H2,1-2H3/b9-7+. The van der Waals surface area contributed by atoms with Crippen molar-refractivity contribution in [1.82, 2.24) is 4.90 Å². The minimum Gasteiger partial charge on any atom is -0.497 e. The van der Waals surface area contributed by atoms with Crippen LogP contribution < -0.4 is 14.4 Å². The van der Waals surface area contributed by atoms with E-state index in [1.165, 1.54) is 12.1 Å². The minimum atomic E-state index is -4.37. The van der Waals surface area contributed by atoms with Gasteiger partial charge in [-0.05, 0) is 36.4 Å². The Hall–Kier alpha value is -3.16. The quantitative estimate of drug-likeness (QED) is 0.684. The summed E-state index contributed by atoms with van der Waals surface area (Å²) in [5.41, 5.74) is 0.583. The predicted octanol–water partition coefficient (Wildman–Crippen LogP) is 4.08. The van der Waals surface area contributed by atoms with Crippen LogP contribution in [0.3, 0.4) is 0 Å². The number of hydrogen-bond acceptors (Lipinski definition) is 4. The van der Waals surface area contributed by atoms with Gasteiger partial charge in [0.1, 0.15) is 11.5 Å². The van der Waals surface area contributed by atoms with E-state index in [0.717, 1.165) is 17.7 Å². The molecule has 0 N–H and O–H groups in total. The number of anilines is 1. The van der Waals surface area contributed by atoms with Crippen molar-refractivity contribution in [2.75, 3.05) is 45.3 Å². The van der Waals surface area contributed by atoms with Crippen molar-refractivity contribution >= 4 is 17.7 Å². The molecule has 5 nitrogen and oxygen atoms in total. The first-order valence-electron chi connectivity index (χ1n) is 9.43. The van der Waals surface area contributed by atoms with Crippen LogP contribution >= 0.6 is 0 Å². The third-order valence-electron chi connectivity index (χ3n) is 4.98. The number of halogens is 3. The number of methoxy groups -OCH3 is 2. The van der Waals surface area contributed by atoms with Gasteiger partial charge in [0.05, 0.1) is 19.8 Å². The summed E-state index contributed by atoms with van der Waals surface area (Å²) in [6.45, 7) is 1.79. The summed E-state index contributed by atoms with van der Waals surface area (Å²) in [5.74, 6) is 1.09. The molecule has 0 aromatic heterocycles. The van der Waals surface area contributed by atoms with Crippen LogP contribution in [0.1, 0.15) is 11.1 Å². The zero-order chi connectivity index (χ0) is 21.7. The van der Waals surface area contributed by atoms with Gasteiger partial charge in [-0.2, -0.15) is 13.2 Å². The number of carbonyl (C=O) groups excluding carboxylic acids is 1. The second-order valence-electron chi connectivity index (χ2n) is 6.80. The number of piperazine rings is 1. The average Bonchev–Trinajstić information content (AvgIpc) is 2.77. The van der Waals surface area contributed by atoms with E-state index in [9.17, 15) is 18.0 Å². The van der Waals surface area contributed by atoms with Gasteiger partial charge >= 0.3 is 6.18 Å². The smallest absolute Gasteiger partial charge is 0.416 e. The third-order valence-corrected chi connectivity index (χ3v) is 4.98. The fourth-order valence-corrected chi connectivity index (χ4v) is 3.29. The molecule has 160 valence electrons. The molecule has 8 heteroatoms. The third kappa shape index (κ3) is 5.06. The number of carbonyl (C=O) groups is 1. The van der Waals surface area contributed by atoms with E-state index in [2.05, 4.69) is 0 Å². The van der Waals surface area contributed by atoms with E-state index in [1.54, 1.807) is 49.5 Å². The topological polar surface area (TPSA) is 42.0 Å². The van der Waals surface area contributed by atoms with Crippen LogP contribution in [0.5, 0.6) is 11.5 Å². The highest BCUT2D eigenvalue weighted by Gasteiger charge is 2.31. The summed E-state index contributed by atoms with van der Waals surface area (Å²) in [4.78, 5) is 16.1. The van der Waals surface area contributed by atoms with Crippen molar-refractivity contribution in [3.63, 3.8) is 0 Å². The second kappa shape index (κ2) is 9.11. The Morgan fingerprint density at radius 1 is 1.00 bits per heavy atom. The predicted molar refractivity (Wildman–Crippen MR) is 109 cm³/mol. The number of hydrogen-bond donors (Lipinski definition) is 0. The van der Waals surface area contributed by atoms with Crippen molar-refractivity contribution in [1.29, 1.82) is 0 Å². The highest BCUT2D eigenvalue weighted by molar-refractivity contribution is 5.92. The van der Waals surface area contributed by atoms with E-state index in [1.807, 2.05) is 4.90 Å². The van der Waals surface area contributed by atoms with E-state index < -0.39 is 11.7 Å². The van der Waals surface area contributed by atoms with Gasteiger partial charge in [-0.15, -0.1) is 0 Å². The number of benzene rings is 2. The van der Waals surface area contributed by atoms with E-state index in [4.69, 9.17) is 9.47 Å². The van der Waals surface area contributed by atoms with Crippen molar-refractivity contribution in [2.45, 2.75) is 6.18 Å². The molecule has 0 radical (unpaired) electrons. The van der Waals surface area contributed by atoms with Gasteiger partial charge in [-0.25, -0.2) is 0 Å². The monoisotopic (exact) mass is 420 g/mol. The SMILES string of the molecule is COc1ccc(/C=C/C(=O)N2CCN(c3cccc(C(F)(F)F)c3)CC2)c(OC)c1. The summed E-state index contributed by atoms with van der Waals surface area (Å²) in [5, 5.41) is 0. The summed E-state index contributed by atoms with van der Waals surface area (Å²) in [7, 11) is 3.10. The lowest BCUT2D eigenvalue weighted by molar-refractivity contribution is -0.137. The number of rotatable bonds is 5. The van der Waals surface area contributed by atoms with Crippen LogP contribution in [0.4, 0.5) is 18.9 Å². The van der Waals surface area contributed by atoms with Crippen LogP contribution in [0.15, 0.2) is 48.5 Å². The molecule has 0 saturated carbocycles. The Morgan fingerprint density at radius 3 is 2.37 bits per heavy atom. The lowest BCUT2D eigenvalue weighted by Crippen LogP contribution is -2.48. The van der Waals surface area contributed by atoms with Gasteiger partial charge in [0.2, 0.25) is 5.91 Å². The molecule has 1 aliphatic rings. The zero-order valence-electron chi connectivity index (χ0n) is 16.8. The van der Waals surface area contributed by atoms with Gasteiger partial charge in [0.15, 0.2) is 0 Å².